The van der Waals surface area contributed by atoms with Gasteiger partial charge in [0.2, 0.25) is 0 Å². The van der Waals surface area contributed by atoms with E-state index in [1.807, 2.05) is 19.1 Å². The van der Waals surface area contributed by atoms with Crippen LogP contribution in [0.25, 0.3) is 0 Å². The lowest BCUT2D eigenvalue weighted by atomic mass is 10.2. The number of nitrogens with one attached hydrogen (secondary N) is 1. The van der Waals surface area contributed by atoms with E-state index < -0.39 is 0 Å². The molecule has 0 aliphatic carbocycles. The fraction of sp³-hybridized carbons (Fsp3) is 0.118. The van der Waals surface area contributed by atoms with Crippen LogP contribution in [0.2, 0.25) is 10.0 Å². The standard InChI is InChI=1S/C17H15Cl2NO2/c1-11(2)10-22-16-6-4-3-5-15(16)20-17(21)13-8-7-12(18)9-14(13)19/h3-9H,1,10H2,2H3,(H,20,21). The van der Waals surface area contributed by atoms with E-state index >= 15 is 0 Å². The van der Waals surface area contributed by atoms with Gasteiger partial charge in [-0.25, -0.2) is 0 Å². The third kappa shape index (κ3) is 4.26. The Labute approximate surface area is 139 Å². The number of amides is 1. The van der Waals surface area contributed by atoms with Gasteiger partial charge in [0.1, 0.15) is 12.4 Å². The first-order chi connectivity index (χ1) is 10.5. The molecule has 0 saturated carbocycles. The highest BCUT2D eigenvalue weighted by Crippen LogP contribution is 2.27. The topological polar surface area (TPSA) is 38.3 Å². The molecule has 22 heavy (non-hydrogen) atoms. The fourth-order valence-electron chi connectivity index (χ4n) is 1.76. The summed E-state index contributed by atoms with van der Waals surface area (Å²) < 4.78 is 5.62. The summed E-state index contributed by atoms with van der Waals surface area (Å²) in [7, 11) is 0. The normalized spacial score (nSPS) is 10.1. The van der Waals surface area contributed by atoms with Crippen LogP contribution >= 0.6 is 23.2 Å². The van der Waals surface area contributed by atoms with Gasteiger partial charge in [0.15, 0.2) is 0 Å². The Morgan fingerprint density at radius 2 is 1.95 bits per heavy atom. The van der Waals surface area contributed by atoms with Crippen molar-refractivity contribution in [1.82, 2.24) is 0 Å². The van der Waals surface area contributed by atoms with Crippen molar-refractivity contribution in [3.8, 4) is 5.75 Å². The van der Waals surface area contributed by atoms with Gasteiger partial charge in [0, 0.05) is 5.02 Å². The van der Waals surface area contributed by atoms with Crippen molar-refractivity contribution < 1.29 is 9.53 Å². The van der Waals surface area contributed by atoms with E-state index in [0.29, 0.717) is 33.7 Å². The molecule has 0 radical (unpaired) electrons. The minimum atomic E-state index is -0.326. The molecule has 3 nitrogen and oxygen atoms in total. The quantitative estimate of drug-likeness (QED) is 0.762. The molecule has 0 aromatic heterocycles. The van der Waals surface area contributed by atoms with E-state index in [4.69, 9.17) is 27.9 Å². The maximum absolute atomic E-state index is 12.3. The van der Waals surface area contributed by atoms with E-state index in [0.717, 1.165) is 5.57 Å². The Morgan fingerprint density at radius 3 is 2.64 bits per heavy atom. The third-order valence-electron chi connectivity index (χ3n) is 2.79. The molecule has 0 unspecified atom stereocenters. The molecule has 5 heteroatoms. The van der Waals surface area contributed by atoms with Gasteiger partial charge in [-0.1, -0.05) is 41.9 Å². The van der Waals surface area contributed by atoms with Gasteiger partial charge in [-0.3, -0.25) is 4.79 Å². The summed E-state index contributed by atoms with van der Waals surface area (Å²) in [4.78, 5) is 12.3. The van der Waals surface area contributed by atoms with Gasteiger partial charge in [-0.2, -0.15) is 0 Å². The first-order valence-corrected chi connectivity index (χ1v) is 7.35. The molecule has 2 aromatic carbocycles. The zero-order valence-electron chi connectivity index (χ0n) is 12.0. The third-order valence-corrected chi connectivity index (χ3v) is 3.33. The Hall–Kier alpha value is -1.97. The molecule has 2 rings (SSSR count). The van der Waals surface area contributed by atoms with Crippen molar-refractivity contribution in [1.29, 1.82) is 0 Å². The highest BCUT2D eigenvalue weighted by Gasteiger charge is 2.13. The highest BCUT2D eigenvalue weighted by atomic mass is 35.5. The van der Waals surface area contributed by atoms with Gasteiger partial charge < -0.3 is 10.1 Å². The molecule has 0 aliphatic heterocycles. The van der Waals surface area contributed by atoms with Gasteiger partial charge in [-0.05, 0) is 42.8 Å². The van der Waals surface area contributed by atoms with Crippen molar-refractivity contribution >= 4 is 34.8 Å². The first kappa shape index (κ1) is 16.4. The summed E-state index contributed by atoms with van der Waals surface area (Å²) in [6, 6.07) is 11.9. The maximum atomic E-state index is 12.3. The van der Waals surface area contributed by atoms with Gasteiger partial charge in [0.05, 0.1) is 16.3 Å². The molecule has 0 aliphatic rings. The number of para-hydroxylation sites is 2. The van der Waals surface area contributed by atoms with Gasteiger partial charge in [-0.15, -0.1) is 0 Å². The van der Waals surface area contributed by atoms with Crippen molar-refractivity contribution in [3.63, 3.8) is 0 Å². The lowest BCUT2D eigenvalue weighted by Gasteiger charge is -2.13. The van der Waals surface area contributed by atoms with Crippen LogP contribution in [-0.4, -0.2) is 12.5 Å². The number of carbonyl (C=O) groups is 1. The van der Waals surface area contributed by atoms with Crippen LogP contribution in [-0.2, 0) is 0 Å². The van der Waals surface area contributed by atoms with Crippen LogP contribution in [0.1, 0.15) is 17.3 Å². The molecule has 114 valence electrons. The van der Waals surface area contributed by atoms with Crippen LogP contribution in [0.15, 0.2) is 54.6 Å². The molecular weight excluding hydrogens is 321 g/mol. The number of carbonyl (C=O) groups excluding carboxylic acids is 1. The number of halogens is 2. The second-order valence-corrected chi connectivity index (χ2v) is 5.66. The average molecular weight is 336 g/mol. The summed E-state index contributed by atoms with van der Waals surface area (Å²) >= 11 is 11.9. The van der Waals surface area contributed by atoms with Crippen LogP contribution in [0.5, 0.6) is 5.75 Å². The highest BCUT2D eigenvalue weighted by molar-refractivity contribution is 6.37. The molecular formula is C17H15Cl2NO2. The molecule has 1 amide bonds. The Morgan fingerprint density at radius 1 is 1.23 bits per heavy atom. The zero-order chi connectivity index (χ0) is 16.1. The molecule has 1 N–H and O–H groups in total. The predicted octanol–water partition coefficient (Wildman–Crippen LogP) is 5.20. The van der Waals surface area contributed by atoms with Crippen molar-refractivity contribution in [2.24, 2.45) is 0 Å². The average Bonchev–Trinajstić information content (AvgIpc) is 2.46. The molecule has 0 spiro atoms. The van der Waals surface area contributed by atoms with Crippen LogP contribution < -0.4 is 10.1 Å². The molecule has 0 bridgehead atoms. The monoisotopic (exact) mass is 335 g/mol. The minimum Gasteiger partial charge on any atom is -0.487 e. The SMILES string of the molecule is C=C(C)COc1ccccc1NC(=O)c1ccc(Cl)cc1Cl. The van der Waals surface area contributed by atoms with E-state index in [2.05, 4.69) is 11.9 Å². The molecule has 0 saturated heterocycles. The maximum Gasteiger partial charge on any atom is 0.257 e. The van der Waals surface area contributed by atoms with Crippen LogP contribution in [0.3, 0.4) is 0 Å². The van der Waals surface area contributed by atoms with Crippen molar-refractivity contribution in [2.45, 2.75) is 6.92 Å². The molecule has 0 fully saturated rings. The predicted molar refractivity (Wildman–Crippen MR) is 91.2 cm³/mol. The van der Waals surface area contributed by atoms with E-state index in [-0.39, 0.29) is 5.91 Å². The lowest BCUT2D eigenvalue weighted by Crippen LogP contribution is -2.13. The summed E-state index contributed by atoms with van der Waals surface area (Å²) in [5, 5.41) is 3.56. The van der Waals surface area contributed by atoms with Crippen molar-refractivity contribution in [3.05, 3.63) is 70.2 Å². The Kier molecular flexibility index (Phi) is 5.47. The minimum absolute atomic E-state index is 0.297. The lowest BCUT2D eigenvalue weighted by molar-refractivity contribution is 0.102. The number of hydrogen-bond donors (Lipinski definition) is 1. The summed E-state index contributed by atoms with van der Waals surface area (Å²) in [5.41, 5.74) is 1.81. The van der Waals surface area contributed by atoms with Crippen molar-refractivity contribution in [2.75, 3.05) is 11.9 Å². The largest absolute Gasteiger partial charge is 0.487 e. The van der Waals surface area contributed by atoms with Crippen LogP contribution in [0, 0.1) is 0 Å². The Balaban J connectivity index is 2.19. The summed E-state index contributed by atoms with van der Waals surface area (Å²) in [6.07, 6.45) is 0. The van der Waals surface area contributed by atoms with Crippen LogP contribution in [0.4, 0.5) is 5.69 Å². The number of anilines is 1. The Bertz CT molecular complexity index is 714. The molecule has 2 aromatic rings. The zero-order valence-corrected chi connectivity index (χ0v) is 13.5. The van der Waals surface area contributed by atoms with E-state index in [1.165, 1.54) is 6.07 Å². The molecule has 0 heterocycles. The second kappa shape index (κ2) is 7.34. The fourth-order valence-corrected chi connectivity index (χ4v) is 2.25. The number of rotatable bonds is 5. The smallest absolute Gasteiger partial charge is 0.257 e. The first-order valence-electron chi connectivity index (χ1n) is 6.60. The molecule has 0 atom stereocenters. The second-order valence-electron chi connectivity index (χ2n) is 4.82. The number of ether oxygens (including phenoxy) is 1. The van der Waals surface area contributed by atoms with E-state index in [1.54, 1.807) is 24.3 Å². The number of benzene rings is 2. The van der Waals surface area contributed by atoms with E-state index in [9.17, 15) is 4.79 Å². The van der Waals surface area contributed by atoms with Gasteiger partial charge in [0.25, 0.3) is 5.91 Å². The summed E-state index contributed by atoms with van der Waals surface area (Å²) in [6.45, 7) is 6.04. The van der Waals surface area contributed by atoms with Gasteiger partial charge >= 0.3 is 0 Å². The number of hydrogen-bond acceptors (Lipinski definition) is 2. The summed E-state index contributed by atoms with van der Waals surface area (Å²) in [5.74, 6) is 0.247.